The van der Waals surface area contributed by atoms with Crippen LogP contribution in [0.25, 0.3) is 0 Å². The zero-order valence-electron chi connectivity index (χ0n) is 7.40. The van der Waals surface area contributed by atoms with Crippen LogP contribution in [0.3, 0.4) is 0 Å². The summed E-state index contributed by atoms with van der Waals surface area (Å²) in [6.07, 6.45) is 2.30. The molecule has 0 unspecified atom stereocenters. The number of nitrogens with two attached hydrogens (primary N) is 1. The van der Waals surface area contributed by atoms with Gasteiger partial charge in [0.05, 0.1) is 5.69 Å². The number of hydrogen-bond acceptors (Lipinski definition) is 3. The van der Waals surface area contributed by atoms with Gasteiger partial charge >= 0.3 is 0 Å². The maximum atomic E-state index is 5.38. The Kier molecular flexibility index (Phi) is 2.54. The van der Waals surface area contributed by atoms with E-state index in [0.29, 0.717) is 0 Å². The van der Waals surface area contributed by atoms with Crippen LogP contribution in [-0.2, 0) is 6.42 Å². The fourth-order valence-electron chi connectivity index (χ4n) is 1.24. The van der Waals surface area contributed by atoms with Crippen LogP contribution in [0.1, 0.15) is 11.3 Å². The second-order valence-electron chi connectivity index (χ2n) is 2.95. The summed E-state index contributed by atoms with van der Waals surface area (Å²) in [7, 11) is 0. The second-order valence-corrected chi connectivity index (χ2v) is 3.80. The molecule has 4 heteroatoms. The van der Waals surface area contributed by atoms with Crippen molar-refractivity contribution in [3.8, 4) is 0 Å². The Morgan fingerprint density at radius 1 is 1.36 bits per heavy atom. The van der Waals surface area contributed by atoms with Crippen LogP contribution in [0.2, 0.25) is 0 Å². The summed E-state index contributed by atoms with van der Waals surface area (Å²) in [5.74, 6) is 0. The van der Waals surface area contributed by atoms with Crippen molar-refractivity contribution in [1.82, 2.24) is 4.98 Å². The van der Waals surface area contributed by atoms with Gasteiger partial charge in [0.1, 0.15) is 6.26 Å². The molecule has 1 aromatic heterocycles. The molecule has 0 amide bonds. The predicted molar refractivity (Wildman–Crippen MR) is 57.9 cm³/mol. The first-order chi connectivity index (χ1) is 6.75. The zero-order valence-corrected chi connectivity index (χ0v) is 8.99. The maximum absolute atomic E-state index is 5.38. The molecule has 14 heavy (non-hydrogen) atoms. The number of halogens is 1. The van der Waals surface area contributed by atoms with E-state index in [2.05, 4.69) is 20.9 Å². The summed E-state index contributed by atoms with van der Waals surface area (Å²) in [5.41, 5.74) is 7.39. The summed E-state index contributed by atoms with van der Waals surface area (Å²) >= 11 is 3.47. The second kappa shape index (κ2) is 3.84. The van der Waals surface area contributed by atoms with Crippen molar-refractivity contribution in [2.45, 2.75) is 6.42 Å². The van der Waals surface area contributed by atoms with E-state index in [9.17, 15) is 0 Å². The number of nitrogen functional groups attached to an aromatic ring is 1. The molecule has 3 nitrogen and oxygen atoms in total. The highest BCUT2D eigenvalue weighted by molar-refractivity contribution is 9.10. The number of aromatic nitrogens is 1. The molecular weight excluding hydrogens is 244 g/mol. The third kappa shape index (κ3) is 1.96. The van der Waals surface area contributed by atoms with Crippen molar-refractivity contribution in [3.05, 3.63) is 46.3 Å². The number of hydrogen-bond donors (Lipinski definition) is 1. The molecule has 0 bridgehead atoms. The van der Waals surface area contributed by atoms with Gasteiger partial charge in [0.15, 0.2) is 0 Å². The summed E-state index contributed by atoms with van der Waals surface area (Å²) in [5, 5.41) is 0. The van der Waals surface area contributed by atoms with Crippen LogP contribution in [0, 0.1) is 0 Å². The standard InChI is InChI=1S/C10H9BrN2O/c11-9-4-2-1-3-7(9)5-8-6-14-10(12)13-8/h1-4,6H,5H2,(H2,12,13). The number of oxazole rings is 1. The number of benzene rings is 1. The molecule has 0 saturated heterocycles. The molecule has 0 spiro atoms. The van der Waals surface area contributed by atoms with Gasteiger partial charge in [0.25, 0.3) is 6.01 Å². The lowest BCUT2D eigenvalue weighted by Gasteiger charge is -1.99. The van der Waals surface area contributed by atoms with Crippen molar-refractivity contribution >= 4 is 21.9 Å². The lowest BCUT2D eigenvalue weighted by atomic mass is 10.1. The van der Waals surface area contributed by atoms with Gasteiger partial charge in [-0.3, -0.25) is 0 Å². The van der Waals surface area contributed by atoms with Crippen molar-refractivity contribution in [3.63, 3.8) is 0 Å². The Hall–Kier alpha value is -1.29. The molecule has 0 radical (unpaired) electrons. The minimum Gasteiger partial charge on any atom is -0.432 e. The lowest BCUT2D eigenvalue weighted by Crippen LogP contribution is -1.90. The van der Waals surface area contributed by atoms with Gasteiger partial charge in [-0.25, -0.2) is 0 Å². The fraction of sp³-hybridized carbons (Fsp3) is 0.100. The Morgan fingerprint density at radius 2 is 2.14 bits per heavy atom. The van der Waals surface area contributed by atoms with Gasteiger partial charge < -0.3 is 10.2 Å². The van der Waals surface area contributed by atoms with Crippen LogP contribution in [-0.4, -0.2) is 4.98 Å². The molecule has 0 saturated carbocycles. The van der Waals surface area contributed by atoms with E-state index >= 15 is 0 Å². The third-order valence-corrected chi connectivity index (χ3v) is 2.67. The van der Waals surface area contributed by atoms with Crippen LogP contribution in [0.4, 0.5) is 6.01 Å². The van der Waals surface area contributed by atoms with E-state index in [0.717, 1.165) is 16.6 Å². The number of nitrogens with zero attached hydrogens (tertiary/aromatic N) is 1. The van der Waals surface area contributed by atoms with Gasteiger partial charge in [-0.1, -0.05) is 34.1 Å². The molecule has 2 rings (SSSR count). The van der Waals surface area contributed by atoms with Gasteiger partial charge in [0, 0.05) is 10.9 Å². The number of anilines is 1. The Morgan fingerprint density at radius 3 is 2.79 bits per heavy atom. The largest absolute Gasteiger partial charge is 0.432 e. The summed E-state index contributed by atoms with van der Waals surface area (Å²) in [4.78, 5) is 4.04. The van der Waals surface area contributed by atoms with E-state index < -0.39 is 0 Å². The van der Waals surface area contributed by atoms with Crippen molar-refractivity contribution in [2.24, 2.45) is 0 Å². The highest BCUT2D eigenvalue weighted by Crippen LogP contribution is 2.19. The van der Waals surface area contributed by atoms with E-state index in [4.69, 9.17) is 10.2 Å². The molecule has 2 N–H and O–H groups in total. The molecule has 0 aliphatic carbocycles. The van der Waals surface area contributed by atoms with E-state index in [1.165, 1.54) is 5.56 Å². The molecule has 72 valence electrons. The van der Waals surface area contributed by atoms with E-state index in [-0.39, 0.29) is 6.01 Å². The summed E-state index contributed by atoms with van der Waals surface area (Å²) in [6, 6.07) is 8.22. The summed E-state index contributed by atoms with van der Waals surface area (Å²) < 4.78 is 6.00. The van der Waals surface area contributed by atoms with Crippen LogP contribution in [0.5, 0.6) is 0 Å². The third-order valence-electron chi connectivity index (χ3n) is 1.90. The van der Waals surface area contributed by atoms with E-state index in [1.807, 2.05) is 24.3 Å². The van der Waals surface area contributed by atoms with Gasteiger partial charge in [-0.2, -0.15) is 4.98 Å². The van der Waals surface area contributed by atoms with Gasteiger partial charge in [-0.15, -0.1) is 0 Å². The average molecular weight is 253 g/mol. The molecule has 1 heterocycles. The topological polar surface area (TPSA) is 52.0 Å². The monoisotopic (exact) mass is 252 g/mol. The lowest BCUT2D eigenvalue weighted by molar-refractivity contribution is 0.579. The molecule has 0 atom stereocenters. The molecule has 1 aromatic carbocycles. The van der Waals surface area contributed by atoms with Crippen molar-refractivity contribution in [1.29, 1.82) is 0 Å². The Balaban J connectivity index is 2.23. The quantitative estimate of drug-likeness (QED) is 0.894. The highest BCUT2D eigenvalue weighted by Gasteiger charge is 2.04. The van der Waals surface area contributed by atoms with Gasteiger partial charge in [0.2, 0.25) is 0 Å². The Labute approximate surface area is 90.1 Å². The van der Waals surface area contributed by atoms with Crippen LogP contribution in [0.15, 0.2) is 39.4 Å². The predicted octanol–water partition coefficient (Wildman–Crippen LogP) is 2.61. The molecule has 0 aliphatic rings. The first-order valence-corrected chi connectivity index (χ1v) is 4.98. The van der Waals surface area contributed by atoms with E-state index in [1.54, 1.807) is 6.26 Å². The average Bonchev–Trinajstić information content (AvgIpc) is 2.56. The summed E-state index contributed by atoms with van der Waals surface area (Å²) in [6.45, 7) is 0. The van der Waals surface area contributed by atoms with Crippen molar-refractivity contribution < 1.29 is 4.42 Å². The molecular formula is C10H9BrN2O. The molecule has 2 aromatic rings. The first kappa shape index (κ1) is 9.27. The number of rotatable bonds is 2. The molecule has 0 aliphatic heterocycles. The SMILES string of the molecule is Nc1nc(Cc2ccccc2Br)co1. The van der Waals surface area contributed by atoms with Crippen molar-refractivity contribution in [2.75, 3.05) is 5.73 Å². The van der Waals surface area contributed by atoms with Crippen LogP contribution >= 0.6 is 15.9 Å². The fourth-order valence-corrected chi connectivity index (χ4v) is 1.67. The normalized spacial score (nSPS) is 10.4. The Bertz CT molecular complexity index is 439. The van der Waals surface area contributed by atoms with Crippen LogP contribution < -0.4 is 5.73 Å². The highest BCUT2D eigenvalue weighted by atomic mass is 79.9. The maximum Gasteiger partial charge on any atom is 0.292 e. The zero-order chi connectivity index (χ0) is 9.97. The first-order valence-electron chi connectivity index (χ1n) is 4.19. The minimum absolute atomic E-state index is 0.215. The smallest absolute Gasteiger partial charge is 0.292 e. The van der Waals surface area contributed by atoms with Gasteiger partial charge in [-0.05, 0) is 11.6 Å². The molecule has 0 fully saturated rings. The minimum atomic E-state index is 0.215.